The molecule has 0 aliphatic carbocycles. The van der Waals surface area contributed by atoms with E-state index in [-0.39, 0.29) is 0 Å². The first-order valence-electron chi connectivity index (χ1n) is 8.73. The number of ether oxygens (including phenoxy) is 2. The van der Waals surface area contributed by atoms with Crippen LogP contribution >= 0.6 is 0 Å². The number of fused-ring (bicyclic) bond motifs is 1. The number of hydrogen-bond acceptors (Lipinski definition) is 4. The van der Waals surface area contributed by atoms with E-state index in [4.69, 9.17) is 9.47 Å². The minimum Gasteiger partial charge on any atom is -0.493 e. The summed E-state index contributed by atoms with van der Waals surface area (Å²) in [7, 11) is 1.69. The van der Waals surface area contributed by atoms with Crippen LogP contribution in [0, 0.1) is 0 Å². The fourth-order valence-electron chi connectivity index (χ4n) is 3.39. The van der Waals surface area contributed by atoms with E-state index in [2.05, 4.69) is 22.0 Å². The molecule has 1 saturated heterocycles. The van der Waals surface area contributed by atoms with Crippen LogP contribution in [0.15, 0.2) is 54.9 Å². The van der Waals surface area contributed by atoms with Crippen LogP contribution in [0.3, 0.4) is 0 Å². The quantitative estimate of drug-likeness (QED) is 0.681. The molecule has 4 rings (SSSR count). The Hall–Kier alpha value is -2.59. The molecule has 0 radical (unpaired) electrons. The van der Waals surface area contributed by atoms with Crippen molar-refractivity contribution in [1.82, 2.24) is 9.88 Å². The van der Waals surface area contributed by atoms with Gasteiger partial charge in [-0.05, 0) is 55.8 Å². The molecular weight excluding hydrogens is 312 g/mol. The lowest BCUT2D eigenvalue weighted by Gasteiger charge is -2.17. The van der Waals surface area contributed by atoms with Gasteiger partial charge >= 0.3 is 0 Å². The SMILES string of the molecule is COc1cc(CN2CCCC2)ccc1Oc1cccc2cnccc12. The van der Waals surface area contributed by atoms with Crippen LogP contribution in [0.5, 0.6) is 17.2 Å². The first-order chi connectivity index (χ1) is 12.3. The van der Waals surface area contributed by atoms with Gasteiger partial charge in [-0.1, -0.05) is 18.2 Å². The highest BCUT2D eigenvalue weighted by Gasteiger charge is 2.14. The highest BCUT2D eigenvalue weighted by molar-refractivity contribution is 5.87. The Morgan fingerprint density at radius 1 is 1.00 bits per heavy atom. The number of benzene rings is 2. The summed E-state index contributed by atoms with van der Waals surface area (Å²) in [4.78, 5) is 6.65. The number of methoxy groups -OCH3 is 1. The average Bonchev–Trinajstić information content (AvgIpc) is 3.16. The third-order valence-electron chi connectivity index (χ3n) is 4.69. The maximum Gasteiger partial charge on any atom is 0.169 e. The molecule has 1 aliphatic rings. The van der Waals surface area contributed by atoms with E-state index in [1.165, 1.54) is 31.5 Å². The highest BCUT2D eigenvalue weighted by Crippen LogP contribution is 2.35. The van der Waals surface area contributed by atoms with Crippen molar-refractivity contribution in [2.24, 2.45) is 0 Å². The number of pyridine rings is 1. The molecule has 0 amide bonds. The molecule has 4 nitrogen and oxygen atoms in total. The standard InChI is InChI=1S/C21H22N2O2/c1-24-21-13-16(15-23-11-2-3-12-23)7-8-20(21)25-19-6-4-5-17-14-22-10-9-18(17)19/h4-10,13-14H,2-3,11-12,15H2,1H3. The van der Waals surface area contributed by atoms with Crippen LogP contribution in [0.2, 0.25) is 0 Å². The van der Waals surface area contributed by atoms with Crippen LogP contribution in [0.25, 0.3) is 10.8 Å². The molecule has 1 fully saturated rings. The Bertz CT molecular complexity index is 867. The number of hydrogen-bond donors (Lipinski definition) is 0. The van der Waals surface area contributed by atoms with Crippen molar-refractivity contribution >= 4 is 10.8 Å². The summed E-state index contributed by atoms with van der Waals surface area (Å²) in [6.07, 6.45) is 6.23. The van der Waals surface area contributed by atoms with Gasteiger partial charge in [0.25, 0.3) is 0 Å². The molecule has 1 aliphatic heterocycles. The summed E-state index contributed by atoms with van der Waals surface area (Å²) in [6.45, 7) is 3.34. The van der Waals surface area contributed by atoms with E-state index >= 15 is 0 Å². The molecule has 0 spiro atoms. The second-order valence-corrected chi connectivity index (χ2v) is 6.42. The summed E-state index contributed by atoms with van der Waals surface area (Å²) >= 11 is 0. The van der Waals surface area contributed by atoms with Gasteiger partial charge in [-0.15, -0.1) is 0 Å². The molecule has 0 N–H and O–H groups in total. The van der Waals surface area contributed by atoms with Gasteiger partial charge in [0.2, 0.25) is 0 Å². The number of aromatic nitrogens is 1. The molecule has 0 bridgehead atoms. The van der Waals surface area contributed by atoms with Crippen molar-refractivity contribution < 1.29 is 9.47 Å². The maximum absolute atomic E-state index is 6.17. The van der Waals surface area contributed by atoms with E-state index in [0.717, 1.165) is 34.6 Å². The maximum atomic E-state index is 6.17. The van der Waals surface area contributed by atoms with Gasteiger partial charge in [0, 0.05) is 29.7 Å². The van der Waals surface area contributed by atoms with Gasteiger partial charge in [-0.3, -0.25) is 9.88 Å². The van der Waals surface area contributed by atoms with E-state index in [0.29, 0.717) is 0 Å². The summed E-state index contributed by atoms with van der Waals surface area (Å²) in [5, 5.41) is 2.10. The Balaban J connectivity index is 1.61. The monoisotopic (exact) mass is 334 g/mol. The van der Waals surface area contributed by atoms with Gasteiger partial charge in [0.15, 0.2) is 11.5 Å². The smallest absolute Gasteiger partial charge is 0.169 e. The molecular formula is C21H22N2O2. The minimum absolute atomic E-state index is 0.733. The second kappa shape index (κ2) is 7.11. The summed E-state index contributed by atoms with van der Waals surface area (Å²) in [6, 6.07) is 14.2. The minimum atomic E-state index is 0.733. The molecule has 2 aromatic carbocycles. The first kappa shape index (κ1) is 15.9. The van der Waals surface area contributed by atoms with Crippen molar-refractivity contribution in [2.45, 2.75) is 19.4 Å². The molecule has 25 heavy (non-hydrogen) atoms. The predicted octanol–water partition coefficient (Wildman–Crippen LogP) is 4.63. The van der Waals surface area contributed by atoms with Crippen LogP contribution in [-0.4, -0.2) is 30.1 Å². The predicted molar refractivity (Wildman–Crippen MR) is 99.3 cm³/mol. The normalized spacial score (nSPS) is 14.8. The van der Waals surface area contributed by atoms with Gasteiger partial charge in [-0.2, -0.15) is 0 Å². The molecule has 4 heteroatoms. The van der Waals surface area contributed by atoms with Crippen LogP contribution in [0.4, 0.5) is 0 Å². The van der Waals surface area contributed by atoms with E-state index < -0.39 is 0 Å². The number of nitrogens with zero attached hydrogens (tertiary/aromatic N) is 2. The third-order valence-corrected chi connectivity index (χ3v) is 4.69. The van der Waals surface area contributed by atoms with E-state index in [1.54, 1.807) is 13.3 Å². The highest BCUT2D eigenvalue weighted by atomic mass is 16.5. The Kier molecular flexibility index (Phi) is 4.53. The lowest BCUT2D eigenvalue weighted by molar-refractivity contribution is 0.329. The first-order valence-corrected chi connectivity index (χ1v) is 8.73. The average molecular weight is 334 g/mol. The number of likely N-dealkylation sites (tertiary alicyclic amines) is 1. The molecule has 128 valence electrons. The van der Waals surface area contributed by atoms with Gasteiger partial charge < -0.3 is 9.47 Å². The second-order valence-electron chi connectivity index (χ2n) is 6.42. The topological polar surface area (TPSA) is 34.6 Å². The lowest BCUT2D eigenvalue weighted by Crippen LogP contribution is -2.18. The van der Waals surface area contributed by atoms with Crippen LogP contribution in [0.1, 0.15) is 18.4 Å². The summed E-state index contributed by atoms with van der Waals surface area (Å²) < 4.78 is 11.8. The molecule has 0 unspecified atom stereocenters. The largest absolute Gasteiger partial charge is 0.493 e. The Labute approximate surface area is 148 Å². The van der Waals surface area contributed by atoms with Crippen molar-refractivity contribution in [1.29, 1.82) is 0 Å². The molecule has 0 atom stereocenters. The lowest BCUT2D eigenvalue weighted by atomic mass is 10.1. The zero-order valence-electron chi connectivity index (χ0n) is 14.4. The Morgan fingerprint density at radius 2 is 1.88 bits per heavy atom. The third kappa shape index (κ3) is 3.44. The van der Waals surface area contributed by atoms with Crippen molar-refractivity contribution in [3.63, 3.8) is 0 Å². The number of rotatable bonds is 5. The molecule has 1 aromatic heterocycles. The van der Waals surface area contributed by atoms with Crippen LogP contribution < -0.4 is 9.47 Å². The summed E-state index contributed by atoms with van der Waals surface area (Å²) in [5.41, 5.74) is 1.26. The molecule has 2 heterocycles. The van der Waals surface area contributed by atoms with Gasteiger partial charge in [0.05, 0.1) is 7.11 Å². The van der Waals surface area contributed by atoms with Crippen molar-refractivity contribution in [2.75, 3.05) is 20.2 Å². The fraction of sp³-hybridized carbons (Fsp3) is 0.286. The van der Waals surface area contributed by atoms with E-state index in [1.807, 2.05) is 36.5 Å². The zero-order valence-corrected chi connectivity index (χ0v) is 14.4. The van der Waals surface area contributed by atoms with Crippen LogP contribution in [-0.2, 0) is 6.54 Å². The Morgan fingerprint density at radius 3 is 2.72 bits per heavy atom. The summed E-state index contributed by atoms with van der Waals surface area (Å²) in [5.74, 6) is 2.31. The van der Waals surface area contributed by atoms with Crippen molar-refractivity contribution in [3.8, 4) is 17.2 Å². The molecule has 0 saturated carbocycles. The zero-order chi connectivity index (χ0) is 17.1. The fourth-order valence-corrected chi connectivity index (χ4v) is 3.39. The van der Waals surface area contributed by atoms with Crippen molar-refractivity contribution in [3.05, 3.63) is 60.4 Å². The van der Waals surface area contributed by atoms with Gasteiger partial charge in [0.1, 0.15) is 5.75 Å². The molecule has 3 aromatic rings. The van der Waals surface area contributed by atoms with Gasteiger partial charge in [-0.25, -0.2) is 0 Å². The van der Waals surface area contributed by atoms with E-state index in [9.17, 15) is 0 Å².